The zero-order valence-corrected chi connectivity index (χ0v) is 14.6. The standard InChI is InChI=1S/C16H24ClN4O/c1-15(2)10-14(11-16(3,4)21(15)22)20(5)19-18-13-8-6-12(17)7-9-13/h6-9,14H,10-11H2,1-5H3. The second-order valence-electron chi connectivity index (χ2n) is 7.22. The molecule has 1 aromatic rings. The fraction of sp³-hybridized carbons (Fsp3) is 0.625. The van der Waals surface area contributed by atoms with E-state index in [0.29, 0.717) is 5.02 Å². The molecular weight excluding hydrogens is 300 g/mol. The van der Waals surface area contributed by atoms with Crippen LogP contribution in [0.1, 0.15) is 40.5 Å². The quantitative estimate of drug-likeness (QED) is 0.601. The molecule has 1 aromatic carbocycles. The number of hydroxylamine groups is 2. The van der Waals surface area contributed by atoms with Crippen LogP contribution in [0.15, 0.2) is 34.6 Å². The van der Waals surface area contributed by atoms with Crippen LogP contribution in [0.25, 0.3) is 0 Å². The number of piperidine rings is 1. The summed E-state index contributed by atoms with van der Waals surface area (Å²) in [7, 11) is 1.91. The smallest absolute Gasteiger partial charge is 0.0875 e. The van der Waals surface area contributed by atoms with E-state index in [0.717, 1.165) is 18.5 Å². The first-order valence-corrected chi connectivity index (χ1v) is 7.87. The molecule has 6 heteroatoms. The molecule has 5 nitrogen and oxygen atoms in total. The van der Waals surface area contributed by atoms with Crippen molar-refractivity contribution in [2.75, 3.05) is 7.05 Å². The van der Waals surface area contributed by atoms with Crippen molar-refractivity contribution in [2.45, 2.75) is 57.7 Å². The van der Waals surface area contributed by atoms with E-state index in [-0.39, 0.29) is 6.04 Å². The van der Waals surface area contributed by atoms with Gasteiger partial charge in [0.05, 0.1) is 11.7 Å². The zero-order chi connectivity index (χ0) is 16.5. The number of benzene rings is 1. The average molecular weight is 324 g/mol. The summed E-state index contributed by atoms with van der Waals surface area (Å²) in [6.45, 7) is 7.94. The number of halogens is 1. The molecule has 2 rings (SSSR count). The van der Waals surface area contributed by atoms with Gasteiger partial charge in [-0.05, 0) is 64.8 Å². The van der Waals surface area contributed by atoms with Gasteiger partial charge in [-0.3, -0.25) is 5.01 Å². The summed E-state index contributed by atoms with van der Waals surface area (Å²) in [4.78, 5) is 0. The highest BCUT2D eigenvalue weighted by molar-refractivity contribution is 6.30. The van der Waals surface area contributed by atoms with Crippen LogP contribution in [0.5, 0.6) is 0 Å². The minimum Gasteiger partial charge on any atom is -0.278 e. The van der Waals surface area contributed by atoms with Gasteiger partial charge in [0, 0.05) is 23.1 Å². The van der Waals surface area contributed by atoms with E-state index in [1.54, 1.807) is 12.1 Å². The van der Waals surface area contributed by atoms with Crippen LogP contribution < -0.4 is 0 Å². The molecule has 1 aliphatic rings. The van der Waals surface area contributed by atoms with E-state index in [4.69, 9.17) is 11.6 Å². The lowest BCUT2D eigenvalue weighted by Gasteiger charge is -2.51. The van der Waals surface area contributed by atoms with Gasteiger partial charge in [-0.1, -0.05) is 16.8 Å². The average Bonchev–Trinajstić information content (AvgIpc) is 2.43. The van der Waals surface area contributed by atoms with E-state index < -0.39 is 11.1 Å². The fourth-order valence-corrected chi connectivity index (χ4v) is 3.30. The Morgan fingerprint density at radius 2 is 1.64 bits per heavy atom. The van der Waals surface area contributed by atoms with Crippen LogP contribution in [0.2, 0.25) is 5.02 Å². The summed E-state index contributed by atoms with van der Waals surface area (Å²) in [6.07, 6.45) is 1.52. The van der Waals surface area contributed by atoms with Gasteiger partial charge in [0.15, 0.2) is 0 Å². The van der Waals surface area contributed by atoms with E-state index in [1.165, 1.54) is 5.06 Å². The minimum absolute atomic E-state index is 0.186. The number of hydrogen-bond donors (Lipinski definition) is 0. The van der Waals surface area contributed by atoms with E-state index in [1.807, 2.05) is 51.9 Å². The van der Waals surface area contributed by atoms with Crippen LogP contribution >= 0.6 is 11.6 Å². The van der Waals surface area contributed by atoms with Crippen molar-refractivity contribution in [3.05, 3.63) is 29.3 Å². The summed E-state index contributed by atoms with van der Waals surface area (Å²) >= 11 is 5.86. The summed E-state index contributed by atoms with van der Waals surface area (Å²) in [5.74, 6) is 0. The fourth-order valence-electron chi connectivity index (χ4n) is 3.18. The first-order valence-electron chi connectivity index (χ1n) is 7.49. The van der Waals surface area contributed by atoms with E-state index in [9.17, 15) is 5.21 Å². The van der Waals surface area contributed by atoms with Crippen molar-refractivity contribution < 1.29 is 5.21 Å². The molecule has 0 saturated carbocycles. The number of rotatable bonds is 3. The van der Waals surface area contributed by atoms with E-state index >= 15 is 0 Å². The number of hydrogen-bond acceptors (Lipinski definition) is 3. The van der Waals surface area contributed by atoms with Crippen molar-refractivity contribution >= 4 is 17.3 Å². The third-order valence-electron chi connectivity index (χ3n) is 4.23. The second-order valence-corrected chi connectivity index (χ2v) is 7.66. The Kier molecular flexibility index (Phi) is 4.80. The highest BCUT2D eigenvalue weighted by atomic mass is 35.5. The Labute approximate surface area is 137 Å². The molecule has 1 aliphatic heterocycles. The topological polar surface area (TPSA) is 51.1 Å². The zero-order valence-electron chi connectivity index (χ0n) is 13.9. The lowest BCUT2D eigenvalue weighted by molar-refractivity contribution is -0.294. The molecule has 0 bridgehead atoms. The van der Waals surface area contributed by atoms with Gasteiger partial charge in [-0.25, -0.2) is 0 Å². The molecule has 0 amide bonds. The van der Waals surface area contributed by atoms with Crippen LogP contribution in [-0.4, -0.2) is 34.2 Å². The predicted molar refractivity (Wildman–Crippen MR) is 87.4 cm³/mol. The summed E-state index contributed by atoms with van der Waals surface area (Å²) in [6, 6.07) is 7.42. The summed E-state index contributed by atoms with van der Waals surface area (Å²) in [5, 5.41) is 24.7. The van der Waals surface area contributed by atoms with E-state index in [2.05, 4.69) is 10.3 Å². The number of nitrogens with zero attached hydrogens (tertiary/aromatic N) is 4. The molecular formula is C16H24ClN4O. The molecule has 1 heterocycles. The molecule has 22 heavy (non-hydrogen) atoms. The first-order chi connectivity index (χ1) is 10.1. The predicted octanol–water partition coefficient (Wildman–Crippen LogP) is 4.64. The van der Waals surface area contributed by atoms with Crippen molar-refractivity contribution in [3.63, 3.8) is 0 Å². The molecule has 1 fully saturated rings. The normalized spacial score (nSPS) is 22.1. The summed E-state index contributed by atoms with van der Waals surface area (Å²) < 4.78 is 0. The van der Waals surface area contributed by atoms with Gasteiger partial charge >= 0.3 is 0 Å². The van der Waals surface area contributed by atoms with Crippen LogP contribution in [0.3, 0.4) is 0 Å². The molecule has 0 aromatic heterocycles. The van der Waals surface area contributed by atoms with Gasteiger partial charge in [0.2, 0.25) is 0 Å². The van der Waals surface area contributed by atoms with Crippen LogP contribution in [0.4, 0.5) is 5.69 Å². The Morgan fingerprint density at radius 3 is 2.14 bits per heavy atom. The van der Waals surface area contributed by atoms with Crippen LogP contribution in [-0.2, 0) is 5.21 Å². The minimum atomic E-state index is -0.406. The maximum absolute atomic E-state index is 12.4. The van der Waals surface area contributed by atoms with Gasteiger partial charge in [0.25, 0.3) is 0 Å². The molecule has 0 N–H and O–H groups in total. The molecule has 1 saturated heterocycles. The lowest BCUT2D eigenvalue weighted by atomic mass is 9.79. The third-order valence-corrected chi connectivity index (χ3v) is 4.48. The van der Waals surface area contributed by atoms with Crippen molar-refractivity contribution in [1.82, 2.24) is 10.1 Å². The Morgan fingerprint density at radius 1 is 1.14 bits per heavy atom. The van der Waals surface area contributed by atoms with Gasteiger partial charge in [-0.15, -0.1) is 15.4 Å². The van der Waals surface area contributed by atoms with Crippen molar-refractivity contribution in [2.24, 2.45) is 10.3 Å². The largest absolute Gasteiger partial charge is 0.278 e. The lowest BCUT2D eigenvalue weighted by Crippen LogP contribution is -2.61. The molecule has 0 aliphatic carbocycles. The molecule has 121 valence electrons. The first kappa shape index (κ1) is 17.2. The Balaban J connectivity index is 2.09. The maximum atomic E-state index is 12.4. The van der Waals surface area contributed by atoms with Gasteiger partial charge in [-0.2, -0.15) is 0 Å². The SMILES string of the molecule is CN(N=Nc1ccc(Cl)cc1)C1CC(C)(C)N([O])C(C)(C)C1. The third kappa shape index (κ3) is 3.77. The van der Waals surface area contributed by atoms with Crippen LogP contribution in [0, 0.1) is 0 Å². The van der Waals surface area contributed by atoms with Crippen molar-refractivity contribution in [1.29, 1.82) is 0 Å². The molecule has 0 spiro atoms. The van der Waals surface area contributed by atoms with Gasteiger partial charge < -0.3 is 0 Å². The summed E-state index contributed by atoms with van der Waals surface area (Å²) in [5.41, 5.74) is -0.0523. The highest BCUT2D eigenvalue weighted by Gasteiger charge is 2.47. The van der Waals surface area contributed by atoms with Gasteiger partial charge in [0.1, 0.15) is 0 Å². The monoisotopic (exact) mass is 323 g/mol. The van der Waals surface area contributed by atoms with Crippen molar-refractivity contribution in [3.8, 4) is 0 Å². The molecule has 1 radical (unpaired) electrons. The highest BCUT2D eigenvalue weighted by Crippen LogP contribution is 2.38. The Hall–Kier alpha value is -1.17. The molecule has 0 unspecified atom stereocenters. The second kappa shape index (κ2) is 6.14. The molecule has 0 atom stereocenters. The Bertz CT molecular complexity index is 524. The maximum Gasteiger partial charge on any atom is 0.0875 e.